The maximum absolute atomic E-state index is 13.2. The van der Waals surface area contributed by atoms with Crippen molar-refractivity contribution in [3.63, 3.8) is 0 Å². The number of hydrogen-bond acceptors (Lipinski definition) is 6. The van der Waals surface area contributed by atoms with Gasteiger partial charge in [0.1, 0.15) is 12.7 Å². The van der Waals surface area contributed by atoms with E-state index in [0.717, 1.165) is 0 Å². The quantitative estimate of drug-likeness (QED) is 0.186. The minimum Gasteiger partial charge on any atom is -0.464 e. The standard InChI is InChI=1S/C23H39F6NO5/c1-8-20(6,13-19(4,5)17(31)34-10-9-30-14-22(24,25)26)18(32)35-16(11-15(2)3)12-21(7,33)23(27,28)29/h15-16,30,33H,8-14H2,1-7H3. The molecule has 0 aromatic carbocycles. The second kappa shape index (κ2) is 12.6. The molecule has 0 aliphatic heterocycles. The zero-order chi connectivity index (χ0) is 27.9. The van der Waals surface area contributed by atoms with Crippen LogP contribution in [0.15, 0.2) is 0 Å². The second-order valence-electron chi connectivity index (χ2n) is 10.5. The molecule has 0 fully saturated rings. The van der Waals surface area contributed by atoms with Gasteiger partial charge in [0.05, 0.1) is 17.4 Å². The summed E-state index contributed by atoms with van der Waals surface area (Å²) in [5.41, 5.74) is -5.56. The Kier molecular flexibility index (Phi) is 12.0. The fourth-order valence-electron chi connectivity index (χ4n) is 3.58. The van der Waals surface area contributed by atoms with Crippen LogP contribution in [0.2, 0.25) is 0 Å². The van der Waals surface area contributed by atoms with Crippen molar-refractivity contribution in [1.82, 2.24) is 5.32 Å². The second-order valence-corrected chi connectivity index (χ2v) is 10.5. The van der Waals surface area contributed by atoms with E-state index in [9.17, 15) is 41.0 Å². The molecule has 6 nitrogen and oxygen atoms in total. The molecule has 0 aromatic heterocycles. The number of carbonyl (C=O) groups is 2. The molecule has 0 saturated carbocycles. The van der Waals surface area contributed by atoms with E-state index in [1.54, 1.807) is 20.8 Å². The monoisotopic (exact) mass is 523 g/mol. The molecule has 12 heteroatoms. The van der Waals surface area contributed by atoms with Gasteiger partial charge in [0, 0.05) is 13.0 Å². The van der Waals surface area contributed by atoms with Gasteiger partial charge in [0.25, 0.3) is 0 Å². The van der Waals surface area contributed by atoms with Crippen LogP contribution in [-0.2, 0) is 19.1 Å². The predicted octanol–water partition coefficient (Wildman–Crippen LogP) is 5.18. The molecular formula is C23H39F6NO5. The highest BCUT2D eigenvalue weighted by molar-refractivity contribution is 5.80. The van der Waals surface area contributed by atoms with E-state index < -0.39 is 59.8 Å². The van der Waals surface area contributed by atoms with Crippen molar-refractivity contribution in [2.45, 2.75) is 98.2 Å². The van der Waals surface area contributed by atoms with Crippen LogP contribution in [0.3, 0.4) is 0 Å². The van der Waals surface area contributed by atoms with Gasteiger partial charge in [-0.3, -0.25) is 9.59 Å². The normalized spacial score (nSPS) is 17.5. The third kappa shape index (κ3) is 11.8. The van der Waals surface area contributed by atoms with Crippen molar-refractivity contribution in [1.29, 1.82) is 0 Å². The Hall–Kier alpha value is -1.56. The lowest BCUT2D eigenvalue weighted by molar-refractivity contribution is -0.262. The smallest absolute Gasteiger partial charge is 0.417 e. The van der Waals surface area contributed by atoms with E-state index in [2.05, 4.69) is 5.32 Å². The number of halogens is 6. The summed E-state index contributed by atoms with van der Waals surface area (Å²) in [5.74, 6) is -1.67. The number of rotatable bonds is 14. The van der Waals surface area contributed by atoms with Crippen LogP contribution < -0.4 is 5.32 Å². The Balaban J connectivity index is 5.30. The number of hydrogen-bond donors (Lipinski definition) is 2. The number of nitrogens with one attached hydrogen (secondary N) is 1. The molecule has 2 N–H and O–H groups in total. The predicted molar refractivity (Wildman–Crippen MR) is 117 cm³/mol. The number of ether oxygens (including phenoxy) is 2. The molecule has 0 bridgehead atoms. The van der Waals surface area contributed by atoms with Crippen molar-refractivity contribution >= 4 is 11.9 Å². The largest absolute Gasteiger partial charge is 0.464 e. The van der Waals surface area contributed by atoms with E-state index in [-0.39, 0.29) is 38.3 Å². The SMILES string of the molecule is CCC(C)(CC(C)(C)C(=O)OCCNCC(F)(F)F)C(=O)OC(CC(C)C)CC(C)(O)C(F)(F)F. The number of esters is 2. The Labute approximate surface area is 203 Å². The summed E-state index contributed by atoms with van der Waals surface area (Å²) >= 11 is 0. The summed E-state index contributed by atoms with van der Waals surface area (Å²) in [6, 6.07) is 0. The molecule has 0 spiro atoms. The summed E-state index contributed by atoms with van der Waals surface area (Å²) in [7, 11) is 0. The molecule has 0 aliphatic carbocycles. The fraction of sp³-hybridized carbons (Fsp3) is 0.913. The van der Waals surface area contributed by atoms with Crippen LogP contribution >= 0.6 is 0 Å². The molecule has 35 heavy (non-hydrogen) atoms. The van der Waals surface area contributed by atoms with Crippen LogP contribution in [0.1, 0.15) is 74.1 Å². The average Bonchev–Trinajstić information content (AvgIpc) is 2.64. The van der Waals surface area contributed by atoms with E-state index in [4.69, 9.17) is 9.47 Å². The van der Waals surface area contributed by atoms with Crippen LogP contribution in [0, 0.1) is 16.7 Å². The molecule has 0 radical (unpaired) electrons. The number of alkyl halides is 6. The van der Waals surface area contributed by atoms with Gasteiger partial charge in [-0.05, 0) is 52.9 Å². The molecule has 0 heterocycles. The highest BCUT2D eigenvalue weighted by Crippen LogP contribution is 2.40. The van der Waals surface area contributed by atoms with Crippen molar-refractivity contribution in [2.75, 3.05) is 19.7 Å². The van der Waals surface area contributed by atoms with Crippen LogP contribution in [0.25, 0.3) is 0 Å². The Bertz CT molecular complexity index is 691. The summed E-state index contributed by atoms with van der Waals surface area (Å²) in [5, 5.41) is 12.0. The highest BCUT2D eigenvalue weighted by atomic mass is 19.4. The summed E-state index contributed by atoms with van der Waals surface area (Å²) in [6.45, 7) is 8.52. The van der Waals surface area contributed by atoms with Gasteiger partial charge in [-0.25, -0.2) is 0 Å². The Morgan fingerprint density at radius 1 is 0.971 bits per heavy atom. The first kappa shape index (κ1) is 33.4. The zero-order valence-electron chi connectivity index (χ0n) is 21.5. The Morgan fingerprint density at radius 2 is 1.51 bits per heavy atom. The number of aliphatic hydroxyl groups is 1. The summed E-state index contributed by atoms with van der Waals surface area (Å²) < 4.78 is 86.5. The molecule has 3 atom stereocenters. The van der Waals surface area contributed by atoms with Gasteiger partial charge in [0.2, 0.25) is 0 Å². The van der Waals surface area contributed by atoms with Crippen LogP contribution in [-0.4, -0.2) is 60.8 Å². The van der Waals surface area contributed by atoms with E-state index in [1.807, 2.05) is 0 Å². The highest BCUT2D eigenvalue weighted by Gasteiger charge is 2.52. The molecule has 0 saturated heterocycles. The first-order valence-corrected chi connectivity index (χ1v) is 11.5. The first-order chi connectivity index (χ1) is 15.6. The maximum atomic E-state index is 13.2. The lowest BCUT2D eigenvalue weighted by Gasteiger charge is -2.36. The van der Waals surface area contributed by atoms with Gasteiger partial charge in [-0.1, -0.05) is 20.8 Å². The average molecular weight is 524 g/mol. The first-order valence-electron chi connectivity index (χ1n) is 11.5. The number of carbonyl (C=O) groups excluding carboxylic acids is 2. The summed E-state index contributed by atoms with van der Waals surface area (Å²) in [4.78, 5) is 25.6. The lowest BCUT2D eigenvalue weighted by Crippen LogP contribution is -2.47. The van der Waals surface area contributed by atoms with Crippen molar-refractivity contribution in [2.24, 2.45) is 16.7 Å². The van der Waals surface area contributed by atoms with E-state index in [1.165, 1.54) is 20.8 Å². The topological polar surface area (TPSA) is 84.9 Å². The molecule has 3 unspecified atom stereocenters. The van der Waals surface area contributed by atoms with Crippen molar-refractivity contribution < 1.29 is 50.5 Å². The molecule has 0 amide bonds. The third-order valence-corrected chi connectivity index (χ3v) is 5.74. The lowest BCUT2D eigenvalue weighted by atomic mass is 9.72. The molecule has 0 aliphatic rings. The summed E-state index contributed by atoms with van der Waals surface area (Å²) in [6.07, 6.45) is -11.1. The fourth-order valence-corrected chi connectivity index (χ4v) is 3.58. The van der Waals surface area contributed by atoms with Gasteiger partial charge >= 0.3 is 24.3 Å². The minimum atomic E-state index is -4.91. The van der Waals surface area contributed by atoms with E-state index >= 15 is 0 Å². The Morgan fingerprint density at radius 3 is 1.94 bits per heavy atom. The molecule has 0 rings (SSSR count). The molecule has 0 aromatic rings. The van der Waals surface area contributed by atoms with Gasteiger partial charge in [0.15, 0.2) is 5.60 Å². The molecular weight excluding hydrogens is 484 g/mol. The zero-order valence-corrected chi connectivity index (χ0v) is 21.5. The van der Waals surface area contributed by atoms with Gasteiger partial charge in [-0.2, -0.15) is 26.3 Å². The maximum Gasteiger partial charge on any atom is 0.417 e. The van der Waals surface area contributed by atoms with Crippen molar-refractivity contribution in [3.8, 4) is 0 Å². The molecule has 208 valence electrons. The van der Waals surface area contributed by atoms with E-state index in [0.29, 0.717) is 6.92 Å². The van der Waals surface area contributed by atoms with Crippen LogP contribution in [0.4, 0.5) is 26.3 Å². The van der Waals surface area contributed by atoms with Crippen molar-refractivity contribution in [3.05, 3.63) is 0 Å². The van der Waals surface area contributed by atoms with Gasteiger partial charge < -0.3 is 19.9 Å². The van der Waals surface area contributed by atoms with Crippen LogP contribution in [0.5, 0.6) is 0 Å². The minimum absolute atomic E-state index is 0.0752. The third-order valence-electron chi connectivity index (χ3n) is 5.74. The van der Waals surface area contributed by atoms with Gasteiger partial charge in [-0.15, -0.1) is 0 Å².